The standard InChI is InChI=1S/C19H39O4P/c1-3-4-5-6-7-8-9-10-11-12-13-14-15-16-17-18-19(2)23-24(20,21)22/h10-11,19H,3-9,12-18H2,1-2H3,(H2,20,21,22). The third-order valence-electron chi connectivity index (χ3n) is 4.19. The van der Waals surface area contributed by atoms with Crippen molar-refractivity contribution in [3.8, 4) is 0 Å². The maximum atomic E-state index is 10.7. The third-order valence-corrected chi connectivity index (χ3v) is 4.82. The van der Waals surface area contributed by atoms with Gasteiger partial charge in [0, 0.05) is 0 Å². The van der Waals surface area contributed by atoms with E-state index in [-0.39, 0.29) is 6.10 Å². The molecule has 0 spiro atoms. The third kappa shape index (κ3) is 19.9. The number of unbranched alkanes of at least 4 members (excludes halogenated alkanes) is 11. The highest BCUT2D eigenvalue weighted by molar-refractivity contribution is 7.46. The lowest BCUT2D eigenvalue weighted by molar-refractivity contribution is 0.136. The van der Waals surface area contributed by atoms with E-state index in [4.69, 9.17) is 9.79 Å². The van der Waals surface area contributed by atoms with Crippen LogP contribution in [0.15, 0.2) is 12.2 Å². The largest absolute Gasteiger partial charge is 0.469 e. The predicted molar refractivity (Wildman–Crippen MR) is 102 cm³/mol. The summed E-state index contributed by atoms with van der Waals surface area (Å²) in [6, 6.07) is 0. The molecule has 2 N–H and O–H groups in total. The fourth-order valence-corrected chi connectivity index (χ4v) is 3.36. The zero-order chi connectivity index (χ0) is 18.1. The maximum Gasteiger partial charge on any atom is 0.469 e. The van der Waals surface area contributed by atoms with E-state index in [1.807, 2.05) is 0 Å². The van der Waals surface area contributed by atoms with Gasteiger partial charge in [-0.25, -0.2) is 4.57 Å². The molecule has 0 fully saturated rings. The average Bonchev–Trinajstić information content (AvgIpc) is 2.49. The summed E-state index contributed by atoms with van der Waals surface area (Å²) in [7, 11) is -4.32. The molecule has 0 rings (SSSR count). The van der Waals surface area contributed by atoms with Crippen LogP contribution in [0.4, 0.5) is 0 Å². The Balaban J connectivity index is 3.25. The van der Waals surface area contributed by atoms with Crippen molar-refractivity contribution in [1.82, 2.24) is 0 Å². The molecule has 4 nitrogen and oxygen atoms in total. The van der Waals surface area contributed by atoms with Gasteiger partial charge in [-0.05, 0) is 39.0 Å². The van der Waals surface area contributed by atoms with E-state index >= 15 is 0 Å². The number of hydrogen-bond donors (Lipinski definition) is 2. The Morgan fingerprint density at radius 3 is 1.79 bits per heavy atom. The van der Waals surface area contributed by atoms with Crippen molar-refractivity contribution in [3.63, 3.8) is 0 Å². The van der Waals surface area contributed by atoms with Crippen LogP contribution in [0.25, 0.3) is 0 Å². The molecule has 144 valence electrons. The van der Waals surface area contributed by atoms with Crippen LogP contribution in [0, 0.1) is 0 Å². The Morgan fingerprint density at radius 1 is 0.833 bits per heavy atom. The van der Waals surface area contributed by atoms with Crippen LogP contribution in [-0.2, 0) is 9.09 Å². The van der Waals surface area contributed by atoms with E-state index in [0.717, 1.165) is 12.8 Å². The topological polar surface area (TPSA) is 66.8 Å². The molecule has 0 aromatic carbocycles. The molecule has 0 saturated heterocycles. The van der Waals surface area contributed by atoms with Crippen LogP contribution in [0.5, 0.6) is 0 Å². The van der Waals surface area contributed by atoms with Gasteiger partial charge in [0.2, 0.25) is 0 Å². The summed E-state index contributed by atoms with van der Waals surface area (Å²) in [6.45, 7) is 3.97. The van der Waals surface area contributed by atoms with E-state index in [1.54, 1.807) is 6.92 Å². The Hall–Kier alpha value is -0.150. The number of phosphoric acid groups is 1. The van der Waals surface area contributed by atoms with E-state index < -0.39 is 7.82 Å². The van der Waals surface area contributed by atoms with Gasteiger partial charge in [-0.2, -0.15) is 0 Å². The molecular weight excluding hydrogens is 323 g/mol. The molecule has 0 radical (unpaired) electrons. The van der Waals surface area contributed by atoms with Gasteiger partial charge < -0.3 is 9.79 Å². The van der Waals surface area contributed by atoms with Crippen LogP contribution in [-0.4, -0.2) is 15.9 Å². The second kappa shape index (κ2) is 16.3. The van der Waals surface area contributed by atoms with Gasteiger partial charge in [0.05, 0.1) is 6.10 Å². The van der Waals surface area contributed by atoms with E-state index in [1.165, 1.54) is 70.6 Å². The lowest BCUT2D eigenvalue weighted by Crippen LogP contribution is -2.05. The first-order valence-electron chi connectivity index (χ1n) is 9.84. The first-order valence-corrected chi connectivity index (χ1v) is 11.4. The summed E-state index contributed by atoms with van der Waals surface area (Å²) in [5.41, 5.74) is 0. The summed E-state index contributed by atoms with van der Waals surface area (Å²) in [6.07, 6.45) is 21.3. The van der Waals surface area contributed by atoms with Crippen LogP contribution in [0.2, 0.25) is 0 Å². The van der Waals surface area contributed by atoms with Crippen LogP contribution in [0.3, 0.4) is 0 Å². The number of rotatable bonds is 17. The highest BCUT2D eigenvalue weighted by atomic mass is 31.2. The van der Waals surface area contributed by atoms with Crippen LogP contribution < -0.4 is 0 Å². The highest BCUT2D eigenvalue weighted by Crippen LogP contribution is 2.38. The number of hydrogen-bond acceptors (Lipinski definition) is 2. The fourth-order valence-electron chi connectivity index (χ4n) is 2.79. The van der Waals surface area contributed by atoms with Gasteiger partial charge in [-0.15, -0.1) is 0 Å². The monoisotopic (exact) mass is 362 g/mol. The maximum absolute atomic E-state index is 10.7. The van der Waals surface area contributed by atoms with E-state index in [9.17, 15) is 4.57 Å². The number of allylic oxidation sites excluding steroid dienone is 2. The van der Waals surface area contributed by atoms with Gasteiger partial charge in [0.15, 0.2) is 0 Å². The molecule has 1 unspecified atom stereocenters. The second-order valence-corrected chi connectivity index (χ2v) is 7.97. The van der Waals surface area contributed by atoms with Crippen molar-refractivity contribution in [3.05, 3.63) is 12.2 Å². The highest BCUT2D eigenvalue weighted by Gasteiger charge is 2.18. The molecule has 0 aliphatic rings. The first-order chi connectivity index (χ1) is 11.5. The molecular formula is C19H39O4P. The normalized spacial score (nSPS) is 13.7. The SMILES string of the molecule is CCCCCCCCC=CCCCCCCCC(C)OP(=O)(O)O. The van der Waals surface area contributed by atoms with Gasteiger partial charge in [0.1, 0.15) is 0 Å². The lowest BCUT2D eigenvalue weighted by atomic mass is 10.1. The predicted octanol–water partition coefficient (Wildman–Crippen LogP) is 6.52. The molecule has 0 bridgehead atoms. The molecule has 24 heavy (non-hydrogen) atoms. The van der Waals surface area contributed by atoms with Crippen LogP contribution in [0.1, 0.15) is 104 Å². The minimum Gasteiger partial charge on any atom is -0.303 e. The van der Waals surface area contributed by atoms with Crippen molar-refractivity contribution in [2.45, 2.75) is 110 Å². The minimum absolute atomic E-state index is 0.365. The Bertz CT molecular complexity index is 338. The van der Waals surface area contributed by atoms with Gasteiger partial charge in [0.25, 0.3) is 0 Å². The molecule has 0 aromatic rings. The van der Waals surface area contributed by atoms with Crippen molar-refractivity contribution >= 4 is 7.82 Å². The smallest absolute Gasteiger partial charge is 0.303 e. The summed E-state index contributed by atoms with van der Waals surface area (Å²) in [4.78, 5) is 17.4. The fraction of sp³-hybridized carbons (Fsp3) is 0.895. The molecule has 0 saturated carbocycles. The molecule has 0 heterocycles. The molecule has 0 amide bonds. The van der Waals surface area contributed by atoms with Gasteiger partial charge in [-0.1, -0.05) is 76.9 Å². The summed E-state index contributed by atoms with van der Waals surface area (Å²) in [5, 5.41) is 0. The minimum atomic E-state index is -4.32. The molecule has 5 heteroatoms. The van der Waals surface area contributed by atoms with E-state index in [2.05, 4.69) is 23.6 Å². The quantitative estimate of drug-likeness (QED) is 0.175. The zero-order valence-electron chi connectivity index (χ0n) is 15.8. The molecule has 0 aliphatic heterocycles. The Kier molecular flexibility index (Phi) is 16.2. The van der Waals surface area contributed by atoms with E-state index in [0.29, 0.717) is 6.42 Å². The van der Waals surface area contributed by atoms with Crippen LogP contribution >= 0.6 is 7.82 Å². The molecule has 0 aromatic heterocycles. The van der Waals surface area contributed by atoms with Crippen molar-refractivity contribution < 1.29 is 18.9 Å². The summed E-state index contributed by atoms with van der Waals surface area (Å²) >= 11 is 0. The van der Waals surface area contributed by atoms with Crippen molar-refractivity contribution in [1.29, 1.82) is 0 Å². The first kappa shape index (κ1) is 23.9. The van der Waals surface area contributed by atoms with Gasteiger partial charge >= 0.3 is 7.82 Å². The van der Waals surface area contributed by atoms with Gasteiger partial charge in [-0.3, -0.25) is 4.52 Å². The average molecular weight is 362 g/mol. The summed E-state index contributed by atoms with van der Waals surface area (Å²) in [5.74, 6) is 0. The summed E-state index contributed by atoms with van der Waals surface area (Å²) < 4.78 is 15.3. The molecule has 0 aliphatic carbocycles. The van der Waals surface area contributed by atoms with Crippen molar-refractivity contribution in [2.24, 2.45) is 0 Å². The Morgan fingerprint density at radius 2 is 1.29 bits per heavy atom. The Labute approximate surface area is 149 Å². The number of phosphoric ester groups is 1. The second-order valence-electron chi connectivity index (χ2n) is 6.78. The lowest BCUT2D eigenvalue weighted by Gasteiger charge is -2.12. The van der Waals surface area contributed by atoms with Crippen molar-refractivity contribution in [2.75, 3.05) is 0 Å². The molecule has 1 atom stereocenters. The zero-order valence-corrected chi connectivity index (χ0v) is 16.7.